The molecule has 186 valence electrons. The minimum atomic E-state index is -1.48. The van der Waals surface area contributed by atoms with Crippen LogP contribution >= 0.6 is 0 Å². The Morgan fingerprint density at radius 3 is 2.42 bits per heavy atom. The van der Waals surface area contributed by atoms with E-state index in [1.807, 2.05) is 0 Å². The Balaban J connectivity index is 1.41. The summed E-state index contributed by atoms with van der Waals surface area (Å²) in [6, 6.07) is 28.7. The molecule has 0 fully saturated rings. The SMILES string of the molecule is C[Si](C)(C)c1ccc2c(c1)Oc1ccc(-n3c4c(c5ccccc53)CCCC4)c3c1B2c1ccccc1O3. The Bertz CT molecular complexity index is 1780. The lowest BCUT2D eigenvalue weighted by molar-refractivity contribution is 0.463. The minimum absolute atomic E-state index is 0.0852. The van der Waals surface area contributed by atoms with Gasteiger partial charge in [-0.2, -0.15) is 0 Å². The van der Waals surface area contributed by atoms with E-state index < -0.39 is 8.07 Å². The van der Waals surface area contributed by atoms with Crippen LogP contribution in [0.4, 0.5) is 0 Å². The normalized spacial score (nSPS) is 15.2. The third-order valence-corrected chi connectivity index (χ3v) is 10.7. The number of ether oxygens (including phenoxy) is 2. The third-order valence-electron chi connectivity index (χ3n) is 8.70. The molecule has 38 heavy (non-hydrogen) atoms. The molecule has 4 aromatic carbocycles. The van der Waals surface area contributed by atoms with Crippen molar-refractivity contribution in [3.8, 4) is 28.7 Å². The zero-order valence-electron chi connectivity index (χ0n) is 22.2. The molecule has 1 aliphatic carbocycles. The summed E-state index contributed by atoms with van der Waals surface area (Å²) >= 11 is 0. The molecular formula is C33H30BNO2Si. The second-order valence-electron chi connectivity index (χ2n) is 12.0. The van der Waals surface area contributed by atoms with Gasteiger partial charge in [0.05, 0.1) is 19.3 Å². The first-order valence-corrected chi connectivity index (χ1v) is 17.4. The van der Waals surface area contributed by atoms with Crippen molar-refractivity contribution in [1.82, 2.24) is 4.57 Å². The van der Waals surface area contributed by atoms with E-state index in [0.29, 0.717) is 0 Å². The molecule has 5 aromatic rings. The van der Waals surface area contributed by atoms with Crippen LogP contribution < -0.4 is 31.0 Å². The molecule has 0 bridgehead atoms. The molecular weight excluding hydrogens is 481 g/mol. The standard InChI is InChI=1S/C33H30BNO2Si/c1-38(2,3)21-16-17-25-31(20-21)36-30-19-18-28(33-32(30)34(25)24-12-6-9-15-29(24)37-33)35-26-13-7-4-10-22(26)23-11-5-8-14-27(23)35/h4,6-7,9-10,12-13,15-20H,5,8,11,14H2,1-3H3. The van der Waals surface area contributed by atoms with Crippen molar-refractivity contribution in [2.24, 2.45) is 0 Å². The number of aromatic nitrogens is 1. The van der Waals surface area contributed by atoms with E-state index in [2.05, 4.69) is 103 Å². The van der Waals surface area contributed by atoms with Crippen LogP contribution in [-0.4, -0.2) is 19.4 Å². The molecule has 0 saturated carbocycles. The number of fused-ring (bicyclic) bond motifs is 7. The van der Waals surface area contributed by atoms with Crippen molar-refractivity contribution < 1.29 is 9.47 Å². The number of rotatable bonds is 2. The zero-order valence-corrected chi connectivity index (χ0v) is 23.2. The minimum Gasteiger partial charge on any atom is -0.458 e. The monoisotopic (exact) mass is 511 g/mol. The number of hydrogen-bond acceptors (Lipinski definition) is 2. The highest BCUT2D eigenvalue weighted by Crippen LogP contribution is 2.42. The fourth-order valence-corrected chi connectivity index (χ4v) is 7.98. The van der Waals surface area contributed by atoms with Gasteiger partial charge >= 0.3 is 0 Å². The quantitative estimate of drug-likeness (QED) is 0.275. The molecule has 0 atom stereocenters. The average Bonchev–Trinajstić information content (AvgIpc) is 3.26. The van der Waals surface area contributed by atoms with Crippen LogP contribution in [0.1, 0.15) is 24.1 Å². The highest BCUT2D eigenvalue weighted by atomic mass is 28.3. The van der Waals surface area contributed by atoms with Crippen LogP contribution in [0.5, 0.6) is 23.0 Å². The van der Waals surface area contributed by atoms with Crippen LogP contribution in [0.15, 0.2) is 78.9 Å². The number of nitrogens with zero attached hydrogens (tertiary/aromatic N) is 1. The summed E-state index contributed by atoms with van der Waals surface area (Å²) in [5.74, 6) is 3.77. The fraction of sp³-hybridized carbons (Fsp3) is 0.212. The smallest absolute Gasteiger partial charge is 0.260 e. The number of para-hydroxylation sites is 2. The maximum Gasteiger partial charge on any atom is 0.260 e. The summed E-state index contributed by atoms with van der Waals surface area (Å²) < 4.78 is 16.0. The van der Waals surface area contributed by atoms with Gasteiger partial charge in [-0.25, -0.2) is 0 Å². The van der Waals surface area contributed by atoms with E-state index >= 15 is 0 Å². The van der Waals surface area contributed by atoms with Crippen LogP contribution in [0.2, 0.25) is 19.6 Å². The van der Waals surface area contributed by atoms with Crippen LogP contribution in [0.3, 0.4) is 0 Å². The van der Waals surface area contributed by atoms with E-state index in [0.717, 1.165) is 47.0 Å². The molecule has 0 amide bonds. The fourth-order valence-electron chi connectivity index (χ4n) is 6.83. The first-order chi connectivity index (χ1) is 18.5. The third kappa shape index (κ3) is 3.08. The van der Waals surface area contributed by atoms with Crippen LogP contribution in [-0.2, 0) is 12.8 Å². The highest BCUT2D eigenvalue weighted by Gasteiger charge is 2.42. The Hall–Kier alpha value is -3.70. The van der Waals surface area contributed by atoms with Gasteiger partial charge in [0.15, 0.2) is 0 Å². The molecule has 3 heterocycles. The predicted molar refractivity (Wildman–Crippen MR) is 161 cm³/mol. The maximum absolute atomic E-state index is 6.82. The number of aryl methyl sites for hydroxylation is 1. The second kappa shape index (κ2) is 7.90. The van der Waals surface area contributed by atoms with Crippen LogP contribution in [0.25, 0.3) is 16.6 Å². The predicted octanol–water partition coefficient (Wildman–Crippen LogP) is 5.78. The van der Waals surface area contributed by atoms with E-state index in [4.69, 9.17) is 9.47 Å². The Kier molecular flexibility index (Phi) is 4.64. The summed E-state index contributed by atoms with van der Waals surface area (Å²) in [7, 11) is -1.48. The van der Waals surface area contributed by atoms with Gasteiger partial charge in [-0.3, -0.25) is 0 Å². The molecule has 0 unspecified atom stereocenters. The van der Waals surface area contributed by atoms with Crippen molar-refractivity contribution in [2.45, 2.75) is 45.3 Å². The molecule has 0 spiro atoms. The first kappa shape index (κ1) is 22.3. The summed E-state index contributed by atoms with van der Waals surface area (Å²) in [5.41, 5.74) is 8.92. The lowest BCUT2D eigenvalue weighted by atomic mass is 9.35. The van der Waals surface area contributed by atoms with Gasteiger partial charge < -0.3 is 14.0 Å². The van der Waals surface area contributed by atoms with Crippen molar-refractivity contribution in [1.29, 1.82) is 0 Å². The molecule has 5 heteroatoms. The van der Waals surface area contributed by atoms with Gasteiger partial charge in [0.2, 0.25) is 0 Å². The maximum atomic E-state index is 6.82. The molecule has 1 aromatic heterocycles. The van der Waals surface area contributed by atoms with E-state index in [9.17, 15) is 0 Å². The molecule has 8 rings (SSSR count). The first-order valence-electron chi connectivity index (χ1n) is 13.9. The van der Waals surface area contributed by atoms with Gasteiger partial charge in [-0.15, -0.1) is 0 Å². The van der Waals surface area contributed by atoms with Crippen molar-refractivity contribution in [2.75, 3.05) is 0 Å². The Morgan fingerprint density at radius 2 is 1.53 bits per heavy atom. The summed E-state index contributed by atoms with van der Waals surface area (Å²) in [4.78, 5) is 0. The van der Waals surface area contributed by atoms with Crippen molar-refractivity contribution in [3.63, 3.8) is 0 Å². The molecule has 0 saturated heterocycles. The lowest BCUT2D eigenvalue weighted by Gasteiger charge is -2.35. The lowest BCUT2D eigenvalue weighted by Crippen LogP contribution is -2.58. The molecule has 3 aliphatic rings. The van der Waals surface area contributed by atoms with E-state index in [-0.39, 0.29) is 6.71 Å². The zero-order chi connectivity index (χ0) is 25.6. The van der Waals surface area contributed by atoms with E-state index in [1.165, 1.54) is 51.1 Å². The molecule has 0 radical (unpaired) electrons. The molecule has 3 nitrogen and oxygen atoms in total. The highest BCUT2D eigenvalue weighted by molar-refractivity contribution is 6.98. The second-order valence-corrected chi connectivity index (χ2v) is 17.1. The summed E-state index contributed by atoms with van der Waals surface area (Å²) in [5, 5.41) is 2.79. The Morgan fingerprint density at radius 1 is 0.737 bits per heavy atom. The largest absolute Gasteiger partial charge is 0.458 e. The summed E-state index contributed by atoms with van der Waals surface area (Å²) in [6.45, 7) is 7.26. The number of benzene rings is 4. The van der Waals surface area contributed by atoms with Gasteiger partial charge in [0.1, 0.15) is 23.0 Å². The van der Waals surface area contributed by atoms with Gasteiger partial charge in [-0.1, -0.05) is 73.4 Å². The van der Waals surface area contributed by atoms with Gasteiger partial charge in [-0.05, 0) is 72.5 Å². The van der Waals surface area contributed by atoms with Crippen LogP contribution in [0, 0.1) is 0 Å². The average molecular weight is 512 g/mol. The number of hydrogen-bond donors (Lipinski definition) is 0. The van der Waals surface area contributed by atoms with E-state index in [1.54, 1.807) is 0 Å². The van der Waals surface area contributed by atoms with Crippen molar-refractivity contribution >= 4 is 47.3 Å². The topological polar surface area (TPSA) is 23.4 Å². The van der Waals surface area contributed by atoms with Gasteiger partial charge in [0, 0.05) is 16.5 Å². The molecule has 0 N–H and O–H groups in total. The summed E-state index contributed by atoms with van der Waals surface area (Å²) in [6.07, 6.45) is 4.73. The Labute approximate surface area is 225 Å². The molecule has 2 aliphatic heterocycles. The van der Waals surface area contributed by atoms with Gasteiger partial charge in [0.25, 0.3) is 6.71 Å². The van der Waals surface area contributed by atoms with Crippen molar-refractivity contribution in [3.05, 3.63) is 90.1 Å².